The molecule has 1 saturated carbocycles. The molecule has 2 heterocycles. The summed E-state index contributed by atoms with van der Waals surface area (Å²) < 4.78 is 0. The third kappa shape index (κ3) is 4.76. The van der Waals surface area contributed by atoms with E-state index in [1.807, 2.05) is 20.0 Å². The van der Waals surface area contributed by atoms with E-state index in [0.717, 1.165) is 55.3 Å². The van der Waals surface area contributed by atoms with Gasteiger partial charge in [0.15, 0.2) is 5.43 Å². The van der Waals surface area contributed by atoms with Crippen LogP contribution in [0.5, 0.6) is 0 Å². The Morgan fingerprint density at radius 1 is 1.19 bits per heavy atom. The third-order valence-electron chi connectivity index (χ3n) is 6.36. The number of aromatic nitrogens is 1. The van der Waals surface area contributed by atoms with Gasteiger partial charge in [-0.2, -0.15) is 0 Å². The second-order valence-corrected chi connectivity index (χ2v) is 8.30. The van der Waals surface area contributed by atoms with Crippen molar-refractivity contribution >= 4 is 0 Å². The van der Waals surface area contributed by atoms with Crippen molar-refractivity contribution in [2.75, 3.05) is 32.8 Å². The average Bonchev–Trinajstić information content (AvgIpc) is 2.65. The maximum atomic E-state index is 12.2. The molecule has 1 aliphatic carbocycles. The Hall–Kier alpha value is -1.17. The van der Waals surface area contributed by atoms with E-state index in [-0.39, 0.29) is 12.0 Å². The smallest absolute Gasteiger partial charge is 0.187 e. The second kappa shape index (κ2) is 9.16. The number of aliphatic hydroxyl groups is 1. The van der Waals surface area contributed by atoms with Gasteiger partial charge in [0.25, 0.3) is 0 Å². The fraction of sp³-hybridized carbons (Fsp3) is 0.762. The first-order valence-corrected chi connectivity index (χ1v) is 10.3. The number of pyridine rings is 1. The van der Waals surface area contributed by atoms with Crippen LogP contribution < -0.4 is 5.43 Å². The lowest BCUT2D eigenvalue weighted by Crippen LogP contribution is -2.54. The quantitative estimate of drug-likeness (QED) is 0.817. The van der Waals surface area contributed by atoms with Crippen LogP contribution in [-0.4, -0.2) is 58.7 Å². The number of H-pyrrole nitrogens is 1. The second-order valence-electron chi connectivity index (χ2n) is 8.30. The van der Waals surface area contributed by atoms with Gasteiger partial charge in [0.2, 0.25) is 0 Å². The molecule has 1 atom stereocenters. The van der Waals surface area contributed by atoms with E-state index in [0.29, 0.717) is 6.04 Å². The lowest BCUT2D eigenvalue weighted by molar-refractivity contribution is 0.0394. The number of nitrogens with zero attached hydrogens (tertiary/aromatic N) is 2. The standard InChI is InChI=1S/C21H35N3O2/c1-16-12-22-20(17(2)21(16)26)15-23-9-10-24(19(14-23)8-11-25)13-18-6-4-3-5-7-18/h12,18-19,25H,3-11,13-15H2,1-2H3,(H,22,26). The summed E-state index contributed by atoms with van der Waals surface area (Å²) in [6.07, 6.45) is 9.58. The van der Waals surface area contributed by atoms with Crippen LogP contribution >= 0.6 is 0 Å². The molecule has 5 heteroatoms. The summed E-state index contributed by atoms with van der Waals surface area (Å²) in [7, 11) is 0. The van der Waals surface area contributed by atoms with Gasteiger partial charge in [0.1, 0.15) is 0 Å². The third-order valence-corrected chi connectivity index (χ3v) is 6.36. The molecule has 3 rings (SSSR count). The largest absolute Gasteiger partial charge is 0.396 e. The Balaban J connectivity index is 1.61. The van der Waals surface area contributed by atoms with Gasteiger partial charge in [0, 0.05) is 68.4 Å². The van der Waals surface area contributed by atoms with Crippen molar-refractivity contribution in [1.82, 2.24) is 14.8 Å². The minimum Gasteiger partial charge on any atom is -0.396 e. The van der Waals surface area contributed by atoms with E-state index >= 15 is 0 Å². The Bertz CT molecular complexity index is 637. The van der Waals surface area contributed by atoms with Gasteiger partial charge in [-0.05, 0) is 39.0 Å². The SMILES string of the molecule is Cc1c[nH]c(CN2CCN(CC3CCCCC3)C(CCO)C2)c(C)c1=O. The fourth-order valence-corrected chi connectivity index (χ4v) is 4.66. The highest BCUT2D eigenvalue weighted by Crippen LogP contribution is 2.26. The molecule has 26 heavy (non-hydrogen) atoms. The van der Waals surface area contributed by atoms with Gasteiger partial charge in [-0.1, -0.05) is 19.3 Å². The molecule has 0 bridgehead atoms. The van der Waals surface area contributed by atoms with Crippen molar-refractivity contribution in [2.24, 2.45) is 5.92 Å². The number of aryl methyl sites for hydroxylation is 1. The van der Waals surface area contributed by atoms with E-state index < -0.39 is 0 Å². The first-order chi connectivity index (χ1) is 12.6. The van der Waals surface area contributed by atoms with E-state index in [9.17, 15) is 9.90 Å². The van der Waals surface area contributed by atoms with Crippen molar-refractivity contribution in [3.8, 4) is 0 Å². The number of aromatic amines is 1. The Labute approximate surface area is 157 Å². The number of hydrogen-bond acceptors (Lipinski definition) is 4. The van der Waals surface area contributed by atoms with Crippen LogP contribution in [-0.2, 0) is 6.54 Å². The zero-order chi connectivity index (χ0) is 18.5. The van der Waals surface area contributed by atoms with Crippen LogP contribution in [0.3, 0.4) is 0 Å². The van der Waals surface area contributed by atoms with Crippen molar-refractivity contribution in [3.05, 3.63) is 33.2 Å². The molecule has 5 nitrogen and oxygen atoms in total. The zero-order valence-electron chi connectivity index (χ0n) is 16.5. The Morgan fingerprint density at radius 3 is 2.69 bits per heavy atom. The van der Waals surface area contributed by atoms with E-state index in [2.05, 4.69) is 14.8 Å². The summed E-state index contributed by atoms with van der Waals surface area (Å²) >= 11 is 0. The molecule has 1 unspecified atom stereocenters. The van der Waals surface area contributed by atoms with Gasteiger partial charge in [0.05, 0.1) is 0 Å². The summed E-state index contributed by atoms with van der Waals surface area (Å²) in [5.41, 5.74) is 2.81. The van der Waals surface area contributed by atoms with E-state index in [1.165, 1.54) is 38.6 Å². The van der Waals surface area contributed by atoms with E-state index in [1.54, 1.807) is 0 Å². The molecule has 146 valence electrons. The van der Waals surface area contributed by atoms with Crippen LogP contribution in [0, 0.1) is 19.8 Å². The molecule has 0 radical (unpaired) electrons. The van der Waals surface area contributed by atoms with E-state index in [4.69, 9.17) is 0 Å². The molecule has 0 amide bonds. The topological polar surface area (TPSA) is 59.6 Å². The molecule has 1 aromatic heterocycles. The molecule has 1 aliphatic heterocycles. The monoisotopic (exact) mass is 361 g/mol. The maximum absolute atomic E-state index is 12.2. The van der Waals surface area contributed by atoms with Gasteiger partial charge in [-0.15, -0.1) is 0 Å². The molecular weight excluding hydrogens is 326 g/mol. The molecule has 2 N–H and O–H groups in total. The van der Waals surface area contributed by atoms with Gasteiger partial charge in [-0.25, -0.2) is 0 Å². The molecular formula is C21H35N3O2. The number of hydrogen-bond donors (Lipinski definition) is 2. The minimum absolute atomic E-state index is 0.154. The number of aliphatic hydroxyl groups excluding tert-OH is 1. The molecule has 2 aliphatic rings. The summed E-state index contributed by atoms with van der Waals surface area (Å²) in [4.78, 5) is 20.6. The zero-order valence-corrected chi connectivity index (χ0v) is 16.5. The fourth-order valence-electron chi connectivity index (χ4n) is 4.66. The maximum Gasteiger partial charge on any atom is 0.187 e. The Kier molecular flexibility index (Phi) is 6.90. The van der Waals surface area contributed by atoms with Crippen LogP contribution in [0.15, 0.2) is 11.0 Å². The van der Waals surface area contributed by atoms with Crippen LogP contribution in [0.2, 0.25) is 0 Å². The molecule has 0 spiro atoms. The Morgan fingerprint density at radius 2 is 1.96 bits per heavy atom. The highest BCUT2D eigenvalue weighted by Gasteiger charge is 2.29. The summed E-state index contributed by atoms with van der Waals surface area (Å²) in [6.45, 7) is 9.09. The van der Waals surface area contributed by atoms with Gasteiger partial charge in [-0.3, -0.25) is 14.6 Å². The molecule has 1 saturated heterocycles. The lowest BCUT2D eigenvalue weighted by Gasteiger charge is -2.43. The molecule has 0 aromatic carbocycles. The van der Waals surface area contributed by atoms with Gasteiger partial charge < -0.3 is 10.1 Å². The number of nitrogens with one attached hydrogen (secondary N) is 1. The minimum atomic E-state index is 0.154. The van der Waals surface area contributed by atoms with Crippen molar-refractivity contribution in [1.29, 1.82) is 0 Å². The summed E-state index contributed by atoms with van der Waals surface area (Å²) in [6, 6.07) is 0.424. The predicted octanol–water partition coefficient (Wildman–Crippen LogP) is 2.44. The first kappa shape index (κ1) is 19.6. The normalized spacial score (nSPS) is 23.4. The first-order valence-electron chi connectivity index (χ1n) is 10.3. The highest BCUT2D eigenvalue weighted by atomic mass is 16.3. The predicted molar refractivity (Wildman–Crippen MR) is 105 cm³/mol. The van der Waals surface area contributed by atoms with Crippen LogP contribution in [0.1, 0.15) is 55.3 Å². The number of rotatable bonds is 6. The van der Waals surface area contributed by atoms with Crippen LogP contribution in [0.4, 0.5) is 0 Å². The summed E-state index contributed by atoms with van der Waals surface area (Å²) in [5, 5.41) is 9.54. The van der Waals surface area contributed by atoms with Crippen molar-refractivity contribution in [2.45, 2.75) is 65.0 Å². The van der Waals surface area contributed by atoms with Crippen molar-refractivity contribution < 1.29 is 5.11 Å². The summed E-state index contributed by atoms with van der Waals surface area (Å²) in [5.74, 6) is 0.840. The average molecular weight is 362 g/mol. The molecule has 2 fully saturated rings. The highest BCUT2D eigenvalue weighted by molar-refractivity contribution is 5.23. The van der Waals surface area contributed by atoms with Crippen LogP contribution in [0.25, 0.3) is 0 Å². The van der Waals surface area contributed by atoms with Gasteiger partial charge >= 0.3 is 0 Å². The van der Waals surface area contributed by atoms with Crippen molar-refractivity contribution in [3.63, 3.8) is 0 Å². The lowest BCUT2D eigenvalue weighted by atomic mass is 9.88. The number of piperazine rings is 1. The molecule has 1 aromatic rings.